The van der Waals surface area contributed by atoms with E-state index in [1.165, 1.54) is 23.5 Å². The van der Waals surface area contributed by atoms with Crippen LogP contribution in [-0.4, -0.2) is 60.1 Å². The monoisotopic (exact) mass is 372 g/mol. The first-order valence-electron chi connectivity index (χ1n) is 9.66. The summed E-state index contributed by atoms with van der Waals surface area (Å²) < 4.78 is 13.1. The van der Waals surface area contributed by atoms with Crippen molar-refractivity contribution < 1.29 is 4.39 Å². The lowest BCUT2D eigenvalue weighted by atomic mass is 10.1. The summed E-state index contributed by atoms with van der Waals surface area (Å²) in [7, 11) is 0. The van der Waals surface area contributed by atoms with Crippen LogP contribution >= 0.6 is 11.3 Å². The van der Waals surface area contributed by atoms with Gasteiger partial charge in [-0.05, 0) is 37.1 Å². The Balaban J connectivity index is 1.08. The first-order valence-corrected chi connectivity index (χ1v) is 10.5. The predicted molar refractivity (Wildman–Crippen MR) is 103 cm³/mol. The summed E-state index contributed by atoms with van der Waals surface area (Å²) >= 11 is 1.85. The van der Waals surface area contributed by atoms with Crippen LogP contribution in [0.1, 0.15) is 29.5 Å². The van der Waals surface area contributed by atoms with Crippen LogP contribution in [0.2, 0.25) is 0 Å². The van der Waals surface area contributed by atoms with Gasteiger partial charge < -0.3 is 4.90 Å². The number of hydrogen-bond acceptors (Lipinski definition) is 5. The molecule has 138 valence electrons. The van der Waals surface area contributed by atoms with Crippen LogP contribution in [0.15, 0.2) is 29.6 Å². The minimum absolute atomic E-state index is 0.161. The van der Waals surface area contributed by atoms with Crippen molar-refractivity contribution in [2.75, 3.05) is 44.2 Å². The summed E-state index contributed by atoms with van der Waals surface area (Å²) in [6.07, 6.45) is 2.67. The van der Waals surface area contributed by atoms with Gasteiger partial charge in [0.2, 0.25) is 0 Å². The van der Waals surface area contributed by atoms with Crippen molar-refractivity contribution in [1.82, 2.24) is 14.8 Å². The Morgan fingerprint density at radius 1 is 1.04 bits per heavy atom. The molecular weight excluding hydrogens is 347 g/mol. The average molecular weight is 373 g/mol. The number of aromatic nitrogens is 1. The van der Waals surface area contributed by atoms with Crippen molar-refractivity contribution in [2.45, 2.75) is 31.3 Å². The highest BCUT2D eigenvalue weighted by atomic mass is 32.1. The summed E-state index contributed by atoms with van der Waals surface area (Å²) in [4.78, 5) is 12.3. The van der Waals surface area contributed by atoms with Gasteiger partial charge in [-0.2, -0.15) is 0 Å². The zero-order chi connectivity index (χ0) is 17.5. The molecule has 1 aliphatic carbocycles. The maximum atomic E-state index is 13.1. The Labute approximate surface area is 158 Å². The fourth-order valence-corrected chi connectivity index (χ4v) is 5.02. The quantitative estimate of drug-likeness (QED) is 0.804. The van der Waals surface area contributed by atoms with E-state index in [1.807, 2.05) is 23.5 Å². The maximum Gasteiger partial charge on any atom is 0.123 e. The molecule has 5 rings (SSSR count). The number of rotatable bonds is 5. The van der Waals surface area contributed by atoms with E-state index in [0.717, 1.165) is 57.4 Å². The molecule has 3 aliphatic rings. The molecular formula is C20H25FN4S. The Kier molecular flexibility index (Phi) is 4.43. The average Bonchev–Trinajstić information content (AvgIpc) is 3.38. The summed E-state index contributed by atoms with van der Waals surface area (Å²) in [6.45, 7) is 7.57. The van der Waals surface area contributed by atoms with Gasteiger partial charge in [-0.3, -0.25) is 9.80 Å². The molecule has 1 saturated carbocycles. The number of piperazine rings is 1. The summed E-state index contributed by atoms with van der Waals surface area (Å²) in [6, 6.07) is 7.57. The van der Waals surface area contributed by atoms with Gasteiger partial charge in [0, 0.05) is 68.8 Å². The lowest BCUT2D eigenvalue weighted by Crippen LogP contribution is -2.62. The Morgan fingerprint density at radius 2 is 1.77 bits per heavy atom. The molecule has 1 aromatic carbocycles. The molecule has 0 unspecified atom stereocenters. The molecule has 1 aromatic heterocycles. The van der Waals surface area contributed by atoms with Crippen LogP contribution in [0.5, 0.6) is 0 Å². The second kappa shape index (κ2) is 6.91. The third-order valence-corrected chi connectivity index (χ3v) is 6.90. The van der Waals surface area contributed by atoms with E-state index in [1.54, 1.807) is 12.1 Å². The van der Waals surface area contributed by atoms with Crippen molar-refractivity contribution in [1.29, 1.82) is 0 Å². The van der Waals surface area contributed by atoms with Gasteiger partial charge in [-0.15, -0.1) is 11.3 Å². The molecule has 2 aliphatic heterocycles. The molecule has 2 aromatic rings. The van der Waals surface area contributed by atoms with Gasteiger partial charge in [-0.25, -0.2) is 9.37 Å². The number of likely N-dealkylation sites (tertiary alicyclic amines) is 1. The van der Waals surface area contributed by atoms with Crippen LogP contribution < -0.4 is 4.90 Å². The number of anilines is 1. The fourth-order valence-electron chi connectivity index (χ4n) is 4.04. The zero-order valence-electron chi connectivity index (χ0n) is 15.0. The second-order valence-corrected chi connectivity index (χ2v) is 8.69. The molecule has 4 nitrogen and oxygen atoms in total. The third kappa shape index (κ3) is 3.50. The van der Waals surface area contributed by atoms with E-state index in [9.17, 15) is 4.39 Å². The first-order chi connectivity index (χ1) is 12.7. The number of halogens is 1. The Bertz CT molecular complexity index is 743. The number of nitrogens with zero attached hydrogens (tertiary/aromatic N) is 4. The number of thiazole rings is 1. The predicted octanol–water partition coefficient (Wildman–Crippen LogP) is 3.17. The van der Waals surface area contributed by atoms with E-state index in [-0.39, 0.29) is 5.82 Å². The first kappa shape index (κ1) is 16.7. The van der Waals surface area contributed by atoms with Gasteiger partial charge in [0.05, 0.1) is 10.7 Å². The molecule has 6 heteroatoms. The topological polar surface area (TPSA) is 22.6 Å². The SMILES string of the molecule is Fc1ccc(N2CCN(C3CN(Cc4csc(C5CC5)n4)C3)CC2)cc1. The zero-order valence-corrected chi connectivity index (χ0v) is 15.8. The van der Waals surface area contributed by atoms with Gasteiger partial charge >= 0.3 is 0 Å². The van der Waals surface area contributed by atoms with Crippen LogP contribution in [0.25, 0.3) is 0 Å². The molecule has 0 spiro atoms. The lowest BCUT2D eigenvalue weighted by molar-refractivity contribution is 0.0250. The van der Waals surface area contributed by atoms with Gasteiger partial charge in [0.15, 0.2) is 0 Å². The molecule has 0 radical (unpaired) electrons. The Hall–Kier alpha value is -1.50. The van der Waals surface area contributed by atoms with E-state index in [0.29, 0.717) is 6.04 Å². The van der Waals surface area contributed by atoms with Crippen LogP contribution in [0.4, 0.5) is 10.1 Å². The number of hydrogen-bond donors (Lipinski definition) is 0. The lowest BCUT2D eigenvalue weighted by Gasteiger charge is -2.48. The molecule has 2 saturated heterocycles. The highest BCUT2D eigenvalue weighted by molar-refractivity contribution is 7.09. The third-order valence-electron chi connectivity index (χ3n) is 5.84. The highest BCUT2D eigenvalue weighted by Gasteiger charge is 2.34. The molecule has 26 heavy (non-hydrogen) atoms. The van der Waals surface area contributed by atoms with Crippen molar-refractivity contribution in [3.05, 3.63) is 46.2 Å². The van der Waals surface area contributed by atoms with E-state index < -0.39 is 0 Å². The van der Waals surface area contributed by atoms with Crippen LogP contribution in [-0.2, 0) is 6.54 Å². The van der Waals surface area contributed by atoms with Gasteiger partial charge in [0.1, 0.15) is 5.82 Å². The van der Waals surface area contributed by atoms with Gasteiger partial charge in [0.25, 0.3) is 0 Å². The molecule has 3 fully saturated rings. The second-order valence-electron chi connectivity index (χ2n) is 7.80. The van der Waals surface area contributed by atoms with Crippen LogP contribution in [0.3, 0.4) is 0 Å². The molecule has 0 bridgehead atoms. The highest BCUT2D eigenvalue weighted by Crippen LogP contribution is 2.41. The largest absolute Gasteiger partial charge is 0.369 e. The normalized spacial score (nSPS) is 22.6. The van der Waals surface area contributed by atoms with Gasteiger partial charge in [-0.1, -0.05) is 0 Å². The van der Waals surface area contributed by atoms with E-state index in [4.69, 9.17) is 4.98 Å². The minimum atomic E-state index is -0.161. The summed E-state index contributed by atoms with van der Waals surface area (Å²) in [5.41, 5.74) is 2.40. The summed E-state index contributed by atoms with van der Waals surface area (Å²) in [5, 5.41) is 3.61. The molecule has 0 amide bonds. The minimum Gasteiger partial charge on any atom is -0.369 e. The van der Waals surface area contributed by atoms with Crippen molar-refractivity contribution in [2.24, 2.45) is 0 Å². The standard InChI is InChI=1S/C20H25FN4S/c21-16-3-5-18(6-4-16)24-7-9-25(10-8-24)19-12-23(13-19)11-17-14-26-20(22-17)15-1-2-15/h3-6,14-15,19H,1-2,7-13H2. The van der Waals surface area contributed by atoms with Crippen molar-refractivity contribution in [3.63, 3.8) is 0 Å². The molecule has 3 heterocycles. The van der Waals surface area contributed by atoms with E-state index >= 15 is 0 Å². The van der Waals surface area contributed by atoms with E-state index in [2.05, 4.69) is 20.1 Å². The molecule has 0 atom stereocenters. The maximum absolute atomic E-state index is 13.1. The van der Waals surface area contributed by atoms with Crippen LogP contribution in [0, 0.1) is 5.82 Å². The molecule has 0 N–H and O–H groups in total. The van der Waals surface area contributed by atoms with Crippen molar-refractivity contribution >= 4 is 17.0 Å². The summed E-state index contributed by atoms with van der Waals surface area (Å²) in [5.74, 6) is 0.613. The smallest absolute Gasteiger partial charge is 0.123 e. The number of benzene rings is 1. The van der Waals surface area contributed by atoms with Crippen molar-refractivity contribution in [3.8, 4) is 0 Å². The Morgan fingerprint density at radius 3 is 2.46 bits per heavy atom. The fraction of sp³-hybridized carbons (Fsp3) is 0.550.